The average Bonchev–Trinajstić information content (AvgIpc) is 3.29. The van der Waals surface area contributed by atoms with Crippen molar-refractivity contribution >= 4 is 33.7 Å². The second kappa shape index (κ2) is 6.39. The Kier molecular flexibility index (Phi) is 4.42. The number of hydrogen-bond acceptors (Lipinski definition) is 3. The maximum Gasteiger partial charge on any atom is 0.225 e. The molecule has 8 heteroatoms. The van der Waals surface area contributed by atoms with Gasteiger partial charge in [0, 0.05) is 10.9 Å². The molecule has 154 valence electrons. The zero-order valence-corrected chi connectivity index (χ0v) is 17.4. The minimum atomic E-state index is -1.42. The van der Waals surface area contributed by atoms with Gasteiger partial charge in [-0.05, 0) is 60.6 Å². The molecular weight excluding hydrogens is 441 g/mol. The van der Waals surface area contributed by atoms with Crippen LogP contribution in [0.5, 0.6) is 0 Å². The summed E-state index contributed by atoms with van der Waals surface area (Å²) in [7, 11) is 0. The third-order valence-corrected chi connectivity index (χ3v) is 8.04. The molecule has 0 unspecified atom stereocenters. The van der Waals surface area contributed by atoms with Gasteiger partial charge in [-0.25, -0.2) is 4.39 Å². The smallest absolute Gasteiger partial charge is 0.225 e. The van der Waals surface area contributed by atoms with Crippen LogP contribution in [0.15, 0.2) is 34.8 Å². The van der Waals surface area contributed by atoms with E-state index >= 15 is 0 Å². The molecule has 29 heavy (non-hydrogen) atoms. The summed E-state index contributed by atoms with van der Waals surface area (Å²) in [4.78, 5) is 37.7. The molecule has 0 aromatic heterocycles. The van der Waals surface area contributed by atoms with Gasteiger partial charge in [0.15, 0.2) is 0 Å². The molecule has 2 fully saturated rings. The molecule has 4 rings (SSSR count). The lowest BCUT2D eigenvalue weighted by Crippen LogP contribution is -2.60. The first-order chi connectivity index (χ1) is 13.6. The van der Waals surface area contributed by atoms with Gasteiger partial charge in [0.1, 0.15) is 5.82 Å². The monoisotopic (exact) mass is 463 g/mol. The Labute approximate surface area is 176 Å². The molecule has 4 atom stereocenters. The maximum atomic E-state index is 14.8. The van der Waals surface area contributed by atoms with Crippen LogP contribution in [0.2, 0.25) is 0 Å². The van der Waals surface area contributed by atoms with E-state index in [1.54, 1.807) is 12.1 Å². The normalized spacial score (nSPS) is 33.2. The highest BCUT2D eigenvalue weighted by atomic mass is 79.9. The second-order valence-corrected chi connectivity index (χ2v) is 9.54. The Morgan fingerprint density at radius 1 is 1.03 bits per heavy atom. The van der Waals surface area contributed by atoms with Crippen LogP contribution in [-0.2, 0) is 20.8 Å². The summed E-state index contributed by atoms with van der Waals surface area (Å²) in [6.45, 7) is 0. The van der Waals surface area contributed by atoms with Crippen molar-refractivity contribution in [2.45, 2.75) is 32.1 Å². The molecule has 3 amide bonds. The van der Waals surface area contributed by atoms with Crippen molar-refractivity contribution in [2.24, 2.45) is 45.3 Å². The van der Waals surface area contributed by atoms with Crippen LogP contribution in [-0.4, -0.2) is 17.7 Å². The summed E-state index contributed by atoms with van der Waals surface area (Å²) in [5.74, 6) is -3.10. The van der Waals surface area contributed by atoms with E-state index in [0.29, 0.717) is 4.47 Å². The number of primary amides is 3. The van der Waals surface area contributed by atoms with E-state index in [0.717, 1.165) is 12.8 Å². The lowest BCUT2D eigenvalue weighted by atomic mass is 9.53. The Hall–Kier alpha value is -2.22. The lowest BCUT2D eigenvalue weighted by molar-refractivity contribution is -0.152. The van der Waals surface area contributed by atoms with Crippen LogP contribution in [0.25, 0.3) is 0 Å². The molecule has 6 nitrogen and oxygen atoms in total. The van der Waals surface area contributed by atoms with E-state index in [2.05, 4.69) is 15.9 Å². The lowest BCUT2D eigenvalue weighted by Gasteiger charge is -2.48. The van der Waals surface area contributed by atoms with Crippen molar-refractivity contribution in [3.63, 3.8) is 0 Å². The highest BCUT2D eigenvalue weighted by Crippen LogP contribution is 2.81. The number of hydrogen-bond donors (Lipinski definition) is 3. The summed E-state index contributed by atoms with van der Waals surface area (Å²) in [6, 6.07) is 4.58. The van der Waals surface area contributed by atoms with Crippen LogP contribution < -0.4 is 17.2 Å². The highest BCUT2D eigenvalue weighted by Gasteiger charge is 2.82. The van der Waals surface area contributed by atoms with E-state index in [-0.39, 0.29) is 42.1 Å². The molecule has 1 aromatic rings. The summed E-state index contributed by atoms with van der Waals surface area (Å²) in [5.41, 5.74) is 14.5. The van der Waals surface area contributed by atoms with Crippen molar-refractivity contribution in [1.82, 2.24) is 0 Å². The van der Waals surface area contributed by atoms with Gasteiger partial charge in [-0.1, -0.05) is 34.1 Å². The molecule has 3 aliphatic rings. The van der Waals surface area contributed by atoms with Crippen molar-refractivity contribution in [3.05, 3.63) is 46.2 Å². The van der Waals surface area contributed by atoms with E-state index in [1.807, 2.05) is 12.2 Å². The first kappa shape index (κ1) is 20.1. The topological polar surface area (TPSA) is 129 Å². The van der Waals surface area contributed by atoms with Crippen molar-refractivity contribution in [2.75, 3.05) is 0 Å². The van der Waals surface area contributed by atoms with Gasteiger partial charge in [0.2, 0.25) is 17.7 Å². The molecule has 0 radical (unpaired) electrons. The fraction of sp³-hybridized carbons (Fsp3) is 0.476. The predicted octanol–water partition coefficient (Wildman–Crippen LogP) is 1.94. The average molecular weight is 464 g/mol. The fourth-order valence-corrected chi connectivity index (χ4v) is 6.65. The molecule has 1 spiro atoms. The second-order valence-electron chi connectivity index (χ2n) is 8.62. The van der Waals surface area contributed by atoms with Gasteiger partial charge >= 0.3 is 0 Å². The number of benzene rings is 1. The van der Waals surface area contributed by atoms with Crippen LogP contribution in [0.4, 0.5) is 4.39 Å². The van der Waals surface area contributed by atoms with Gasteiger partial charge in [-0.15, -0.1) is 0 Å². The van der Waals surface area contributed by atoms with Gasteiger partial charge in [-0.3, -0.25) is 14.4 Å². The number of carbonyl (C=O) groups is 3. The third-order valence-electron chi connectivity index (χ3n) is 7.55. The first-order valence-corrected chi connectivity index (χ1v) is 10.4. The first-order valence-electron chi connectivity index (χ1n) is 9.62. The zero-order chi connectivity index (χ0) is 21.2. The number of halogens is 2. The van der Waals surface area contributed by atoms with E-state index in [1.165, 1.54) is 6.07 Å². The van der Waals surface area contributed by atoms with E-state index in [4.69, 9.17) is 17.2 Å². The summed E-state index contributed by atoms with van der Waals surface area (Å²) in [6.07, 6.45) is 5.39. The Morgan fingerprint density at radius 2 is 1.62 bits per heavy atom. The standard InChI is InChI=1S/C21H23BrFN3O3/c22-12-2-1-11(13(23)9-12)10-21(18(26)29)15-4-3-14(19(15)7-8-19)20(21,17(25)28)6-5-16(24)27/h1-4,9,14-15H,5-8,10H2,(H2,24,27)(H2,25,28)(H2,26,29)/t14-,15+,20+,21+/m1/s1. The molecule has 0 heterocycles. The molecule has 6 N–H and O–H groups in total. The van der Waals surface area contributed by atoms with Crippen LogP contribution in [0.3, 0.4) is 0 Å². The molecule has 2 bridgehead atoms. The molecule has 1 aromatic carbocycles. The van der Waals surface area contributed by atoms with Crippen LogP contribution in [0, 0.1) is 33.9 Å². The van der Waals surface area contributed by atoms with Gasteiger partial charge in [0.05, 0.1) is 10.8 Å². The molecule has 0 aliphatic heterocycles. The summed E-state index contributed by atoms with van der Waals surface area (Å²) < 4.78 is 15.3. The number of allylic oxidation sites excluding steroid dienone is 2. The summed E-state index contributed by atoms with van der Waals surface area (Å²) >= 11 is 3.23. The Morgan fingerprint density at radius 3 is 2.10 bits per heavy atom. The number of amides is 3. The SMILES string of the molecule is NC(=O)CC[C@@]1(C(N)=O)[C@@H]2C=C[C@@H](C23CC3)[C@@]1(Cc1ccc(Br)cc1F)C(N)=O. The number of carbonyl (C=O) groups excluding carboxylic acids is 3. The molecule has 2 saturated carbocycles. The predicted molar refractivity (Wildman–Crippen MR) is 107 cm³/mol. The molecule has 0 saturated heterocycles. The van der Waals surface area contributed by atoms with Crippen molar-refractivity contribution in [3.8, 4) is 0 Å². The molecular formula is C21H23BrFN3O3. The Balaban J connectivity index is 1.93. The quantitative estimate of drug-likeness (QED) is 0.534. The third kappa shape index (κ3) is 2.47. The van der Waals surface area contributed by atoms with Crippen LogP contribution in [0.1, 0.15) is 31.2 Å². The Bertz CT molecular complexity index is 960. The maximum absolute atomic E-state index is 14.8. The number of rotatable bonds is 7. The van der Waals surface area contributed by atoms with Crippen molar-refractivity contribution < 1.29 is 18.8 Å². The minimum absolute atomic E-state index is 0.0199. The number of nitrogens with two attached hydrogens (primary N) is 3. The van der Waals surface area contributed by atoms with Crippen molar-refractivity contribution in [1.29, 1.82) is 0 Å². The van der Waals surface area contributed by atoms with Gasteiger partial charge < -0.3 is 17.2 Å². The summed E-state index contributed by atoms with van der Waals surface area (Å²) in [5, 5.41) is 0. The minimum Gasteiger partial charge on any atom is -0.370 e. The van der Waals surface area contributed by atoms with E-state index in [9.17, 15) is 18.8 Å². The van der Waals surface area contributed by atoms with Crippen LogP contribution >= 0.6 is 15.9 Å². The molecule has 3 aliphatic carbocycles. The van der Waals surface area contributed by atoms with E-state index < -0.39 is 34.4 Å². The largest absolute Gasteiger partial charge is 0.370 e. The van der Waals surface area contributed by atoms with Gasteiger partial charge in [-0.2, -0.15) is 0 Å². The highest BCUT2D eigenvalue weighted by molar-refractivity contribution is 9.10. The fourth-order valence-electron chi connectivity index (χ4n) is 6.32. The zero-order valence-electron chi connectivity index (χ0n) is 15.8. The van der Waals surface area contributed by atoms with Gasteiger partial charge in [0.25, 0.3) is 0 Å².